The molecule has 0 aliphatic heterocycles. The molecular formula is C18H16BrClN2O4. The molecule has 26 heavy (non-hydrogen) atoms. The zero-order chi connectivity index (χ0) is 19.2. The molecule has 0 saturated heterocycles. The van der Waals surface area contributed by atoms with Gasteiger partial charge in [-0.2, -0.15) is 0 Å². The molecule has 0 aliphatic carbocycles. The van der Waals surface area contributed by atoms with Crippen molar-refractivity contribution >= 4 is 61.3 Å². The van der Waals surface area contributed by atoms with Crippen LogP contribution in [0.2, 0.25) is 5.15 Å². The molecule has 1 aromatic carbocycles. The van der Waals surface area contributed by atoms with Gasteiger partial charge in [-0.15, -0.1) is 0 Å². The second-order valence-electron chi connectivity index (χ2n) is 6.77. The summed E-state index contributed by atoms with van der Waals surface area (Å²) in [7, 11) is 0. The fraction of sp³-hybridized carbons (Fsp3) is 0.278. The number of ether oxygens (including phenoxy) is 1. The van der Waals surface area contributed by atoms with Crippen molar-refractivity contribution in [3.8, 4) is 0 Å². The Balaban J connectivity index is 2.48. The summed E-state index contributed by atoms with van der Waals surface area (Å²) in [5.74, 6) is -1.12. The monoisotopic (exact) mass is 438 g/mol. The topological polar surface area (TPSA) is 81.4 Å². The second kappa shape index (κ2) is 6.55. The van der Waals surface area contributed by atoms with E-state index in [4.69, 9.17) is 16.3 Å². The smallest absolute Gasteiger partial charge is 0.419 e. The van der Waals surface area contributed by atoms with E-state index >= 15 is 0 Å². The van der Waals surface area contributed by atoms with Crippen LogP contribution >= 0.6 is 27.5 Å². The van der Waals surface area contributed by atoms with Crippen molar-refractivity contribution in [2.45, 2.75) is 31.7 Å². The van der Waals surface area contributed by atoms with Crippen LogP contribution in [0.5, 0.6) is 0 Å². The molecular weight excluding hydrogens is 424 g/mol. The fourth-order valence-electron chi connectivity index (χ4n) is 2.89. The maximum atomic E-state index is 12.9. The highest BCUT2D eigenvalue weighted by atomic mass is 79.9. The van der Waals surface area contributed by atoms with Crippen LogP contribution in [0.3, 0.4) is 0 Å². The van der Waals surface area contributed by atoms with Crippen LogP contribution in [-0.2, 0) is 10.1 Å². The summed E-state index contributed by atoms with van der Waals surface area (Å²) in [5, 5.41) is 11.9. The summed E-state index contributed by atoms with van der Waals surface area (Å²) in [6, 6.07) is 5.04. The van der Waals surface area contributed by atoms with E-state index in [9.17, 15) is 14.7 Å². The highest BCUT2D eigenvalue weighted by Crippen LogP contribution is 2.34. The number of carbonyl (C=O) groups excluding carboxylic acids is 1. The molecule has 0 unspecified atom stereocenters. The molecule has 3 aromatic rings. The van der Waals surface area contributed by atoms with Crippen LogP contribution in [0.4, 0.5) is 4.79 Å². The molecule has 0 atom stereocenters. The van der Waals surface area contributed by atoms with E-state index in [1.165, 1.54) is 4.57 Å². The van der Waals surface area contributed by atoms with Crippen molar-refractivity contribution in [3.63, 3.8) is 0 Å². The van der Waals surface area contributed by atoms with Crippen LogP contribution in [-0.4, -0.2) is 32.3 Å². The molecule has 136 valence electrons. The van der Waals surface area contributed by atoms with Gasteiger partial charge >= 0.3 is 12.1 Å². The summed E-state index contributed by atoms with van der Waals surface area (Å²) in [6.45, 7) is 5.25. The number of hydrogen-bond acceptors (Lipinski definition) is 4. The number of carbonyl (C=O) groups is 2. The van der Waals surface area contributed by atoms with Gasteiger partial charge in [0.25, 0.3) is 0 Å². The lowest BCUT2D eigenvalue weighted by atomic mass is 10.1. The number of rotatable bonds is 2. The average molecular weight is 440 g/mol. The minimum Gasteiger partial charge on any atom is -0.478 e. The van der Waals surface area contributed by atoms with Crippen LogP contribution in [0.25, 0.3) is 21.7 Å². The number of benzene rings is 1. The van der Waals surface area contributed by atoms with Crippen molar-refractivity contribution in [1.82, 2.24) is 9.55 Å². The van der Waals surface area contributed by atoms with Crippen molar-refractivity contribution in [2.24, 2.45) is 0 Å². The van der Waals surface area contributed by atoms with Gasteiger partial charge in [0.05, 0.1) is 16.8 Å². The fourth-order valence-corrected chi connectivity index (χ4v) is 3.58. The average Bonchev–Trinajstić information content (AvgIpc) is 2.88. The van der Waals surface area contributed by atoms with E-state index < -0.39 is 17.7 Å². The summed E-state index contributed by atoms with van der Waals surface area (Å²) in [4.78, 5) is 28.8. The van der Waals surface area contributed by atoms with Crippen LogP contribution in [0.15, 0.2) is 24.4 Å². The largest absolute Gasteiger partial charge is 0.478 e. The van der Waals surface area contributed by atoms with Crippen molar-refractivity contribution in [3.05, 3.63) is 40.8 Å². The van der Waals surface area contributed by atoms with Gasteiger partial charge in [-0.1, -0.05) is 39.7 Å². The molecule has 2 heterocycles. The molecule has 6 nitrogen and oxygen atoms in total. The number of nitrogens with zero attached hydrogens (tertiary/aromatic N) is 2. The molecule has 1 N–H and O–H groups in total. The van der Waals surface area contributed by atoms with Crippen molar-refractivity contribution in [1.29, 1.82) is 0 Å². The molecule has 8 heteroatoms. The maximum Gasteiger partial charge on any atom is 0.419 e. The van der Waals surface area contributed by atoms with Gasteiger partial charge in [0.2, 0.25) is 0 Å². The molecule has 2 aromatic heterocycles. The highest BCUT2D eigenvalue weighted by Gasteiger charge is 2.29. The summed E-state index contributed by atoms with van der Waals surface area (Å²) in [5.41, 5.74) is 0.0670. The van der Waals surface area contributed by atoms with Crippen LogP contribution in [0.1, 0.15) is 36.8 Å². The molecule has 0 bridgehead atoms. The van der Waals surface area contributed by atoms with Crippen LogP contribution < -0.4 is 0 Å². The zero-order valence-corrected chi connectivity index (χ0v) is 16.7. The van der Waals surface area contributed by atoms with Gasteiger partial charge in [-0.25, -0.2) is 19.1 Å². The Labute approximate surface area is 162 Å². The van der Waals surface area contributed by atoms with E-state index in [1.807, 2.05) is 0 Å². The summed E-state index contributed by atoms with van der Waals surface area (Å²) < 4.78 is 6.81. The molecule has 0 saturated carbocycles. The van der Waals surface area contributed by atoms with Crippen molar-refractivity contribution in [2.75, 3.05) is 0 Å². The first kappa shape index (κ1) is 18.7. The Kier molecular flexibility index (Phi) is 4.71. The lowest BCUT2D eigenvalue weighted by molar-refractivity contribution is 0.0541. The van der Waals surface area contributed by atoms with Gasteiger partial charge in [0.1, 0.15) is 10.8 Å². The number of carboxylic acids is 1. The zero-order valence-electron chi connectivity index (χ0n) is 14.3. The Morgan fingerprint density at radius 1 is 1.31 bits per heavy atom. The first-order valence-electron chi connectivity index (χ1n) is 7.78. The second-order valence-corrected chi connectivity index (χ2v) is 7.71. The first-order valence-corrected chi connectivity index (χ1v) is 9.28. The van der Waals surface area contributed by atoms with Crippen molar-refractivity contribution < 1.29 is 19.4 Å². The van der Waals surface area contributed by atoms with E-state index in [0.29, 0.717) is 22.0 Å². The third-order valence-electron chi connectivity index (χ3n) is 3.81. The van der Waals surface area contributed by atoms with Crippen LogP contribution in [0, 0.1) is 0 Å². The Bertz CT molecular complexity index is 1050. The number of halogens is 2. The number of aromatic nitrogens is 2. The van der Waals surface area contributed by atoms with E-state index in [0.717, 1.165) is 5.39 Å². The molecule has 0 spiro atoms. The third-order valence-corrected chi connectivity index (χ3v) is 4.55. The number of carboxylic acid groups (broad SMARTS) is 1. The van der Waals surface area contributed by atoms with Gasteiger partial charge in [0, 0.05) is 27.7 Å². The number of alkyl halides is 1. The standard InChI is InChI=1S/C18H16BrClN2O4/c1-18(2,3)26-17(25)22-12(7-19)14(16(23)24)10-5-4-9-8-21-13(20)6-11(9)15(10)22/h4-6,8H,7H2,1-3H3,(H,23,24). The Morgan fingerprint density at radius 2 is 2.00 bits per heavy atom. The van der Waals surface area contributed by atoms with Gasteiger partial charge in [-0.3, -0.25) is 0 Å². The van der Waals surface area contributed by atoms with Gasteiger partial charge < -0.3 is 9.84 Å². The molecule has 0 aliphatic rings. The Hall–Kier alpha value is -2.12. The van der Waals surface area contributed by atoms with E-state index in [2.05, 4.69) is 20.9 Å². The van der Waals surface area contributed by atoms with Gasteiger partial charge in [-0.05, 0) is 26.8 Å². The predicted octanol–water partition coefficient (Wildman–Crippen LogP) is 5.22. The number of fused-ring (bicyclic) bond motifs is 3. The normalized spacial score (nSPS) is 11.9. The van der Waals surface area contributed by atoms with E-state index in [1.54, 1.807) is 45.2 Å². The molecule has 3 rings (SSSR count). The van der Waals surface area contributed by atoms with Gasteiger partial charge in [0.15, 0.2) is 0 Å². The maximum absolute atomic E-state index is 12.9. The summed E-state index contributed by atoms with van der Waals surface area (Å²) >= 11 is 9.34. The predicted molar refractivity (Wildman–Crippen MR) is 103 cm³/mol. The minimum atomic E-state index is -1.12. The lowest BCUT2D eigenvalue weighted by Gasteiger charge is -2.21. The Morgan fingerprint density at radius 3 is 2.58 bits per heavy atom. The minimum absolute atomic E-state index is 0.0533. The number of aromatic carboxylic acids is 1. The molecule has 0 radical (unpaired) electrons. The molecule has 0 amide bonds. The number of pyridine rings is 1. The quantitative estimate of drug-likeness (QED) is 0.437. The first-order chi connectivity index (χ1) is 12.1. The number of hydrogen-bond donors (Lipinski definition) is 1. The molecule has 0 fully saturated rings. The SMILES string of the molecule is CC(C)(C)OC(=O)n1c(CBr)c(C(=O)O)c2ccc3cnc(Cl)cc3c21. The highest BCUT2D eigenvalue weighted by molar-refractivity contribution is 9.08. The van der Waals surface area contributed by atoms with E-state index in [-0.39, 0.29) is 16.0 Å². The third kappa shape index (κ3) is 3.17. The summed E-state index contributed by atoms with van der Waals surface area (Å²) in [6.07, 6.45) is 0.933. The lowest BCUT2D eigenvalue weighted by Crippen LogP contribution is -2.28.